The standard InChI is InChI=1S/C14H18N2O3/c1-19-13-4-2-3-9(15-13)8-16-10-5-6-12(16)11(7-10)14(17)18/h2-4,10-12H,5-8H2,1H3,(H,17,18). The Morgan fingerprint density at radius 1 is 1.53 bits per heavy atom. The summed E-state index contributed by atoms with van der Waals surface area (Å²) in [7, 11) is 1.60. The molecule has 2 bridgehead atoms. The third kappa shape index (κ3) is 2.18. The molecule has 3 atom stereocenters. The molecular weight excluding hydrogens is 244 g/mol. The predicted molar refractivity (Wildman–Crippen MR) is 68.9 cm³/mol. The third-order valence-electron chi connectivity index (χ3n) is 4.33. The van der Waals surface area contributed by atoms with Gasteiger partial charge in [-0.05, 0) is 25.3 Å². The van der Waals surface area contributed by atoms with Gasteiger partial charge >= 0.3 is 5.97 Å². The highest BCUT2D eigenvalue weighted by Gasteiger charge is 2.49. The number of pyridine rings is 1. The van der Waals surface area contributed by atoms with Crippen molar-refractivity contribution < 1.29 is 14.6 Å². The second-order valence-corrected chi connectivity index (χ2v) is 5.32. The number of ether oxygens (including phenoxy) is 1. The van der Waals surface area contributed by atoms with Gasteiger partial charge in [0, 0.05) is 24.7 Å². The van der Waals surface area contributed by atoms with Crippen LogP contribution < -0.4 is 4.74 Å². The Hall–Kier alpha value is -1.62. The Morgan fingerprint density at radius 2 is 2.37 bits per heavy atom. The van der Waals surface area contributed by atoms with Gasteiger partial charge in [-0.2, -0.15) is 0 Å². The van der Waals surface area contributed by atoms with E-state index < -0.39 is 5.97 Å². The number of nitrogens with zero attached hydrogens (tertiary/aromatic N) is 2. The lowest BCUT2D eigenvalue weighted by Crippen LogP contribution is -2.32. The minimum absolute atomic E-state index is 0.176. The van der Waals surface area contributed by atoms with Crippen molar-refractivity contribution in [3.63, 3.8) is 0 Å². The van der Waals surface area contributed by atoms with Crippen LogP contribution in [0.15, 0.2) is 18.2 Å². The molecule has 3 unspecified atom stereocenters. The third-order valence-corrected chi connectivity index (χ3v) is 4.33. The zero-order chi connectivity index (χ0) is 13.4. The number of methoxy groups -OCH3 is 1. The van der Waals surface area contributed by atoms with Gasteiger partial charge in [0.2, 0.25) is 5.88 Å². The number of carboxylic acids is 1. The lowest BCUT2D eigenvalue weighted by Gasteiger charge is -2.22. The van der Waals surface area contributed by atoms with Gasteiger partial charge in [-0.3, -0.25) is 9.69 Å². The van der Waals surface area contributed by atoms with Gasteiger partial charge in [0.25, 0.3) is 0 Å². The molecule has 3 rings (SSSR count). The van der Waals surface area contributed by atoms with E-state index >= 15 is 0 Å². The molecule has 2 fully saturated rings. The summed E-state index contributed by atoms with van der Waals surface area (Å²) in [5.74, 6) is -0.251. The molecule has 0 spiro atoms. The molecule has 2 aliphatic rings. The van der Waals surface area contributed by atoms with Crippen LogP contribution >= 0.6 is 0 Å². The fourth-order valence-corrected chi connectivity index (χ4v) is 3.46. The van der Waals surface area contributed by atoms with E-state index in [0.717, 1.165) is 31.5 Å². The fourth-order valence-electron chi connectivity index (χ4n) is 3.46. The maximum absolute atomic E-state index is 11.2. The number of carbonyl (C=O) groups is 1. The van der Waals surface area contributed by atoms with Crippen LogP contribution in [0.3, 0.4) is 0 Å². The zero-order valence-electron chi connectivity index (χ0n) is 11.0. The van der Waals surface area contributed by atoms with Gasteiger partial charge in [-0.1, -0.05) is 6.07 Å². The molecule has 1 N–H and O–H groups in total. The van der Waals surface area contributed by atoms with E-state index in [9.17, 15) is 9.90 Å². The van der Waals surface area contributed by atoms with E-state index in [-0.39, 0.29) is 12.0 Å². The summed E-state index contributed by atoms with van der Waals surface area (Å²) < 4.78 is 5.12. The number of aromatic nitrogens is 1. The molecule has 2 saturated heterocycles. The van der Waals surface area contributed by atoms with Crippen molar-refractivity contribution in [1.82, 2.24) is 9.88 Å². The van der Waals surface area contributed by atoms with Crippen LogP contribution in [0.4, 0.5) is 0 Å². The number of hydrogen-bond donors (Lipinski definition) is 1. The molecule has 102 valence electrons. The average Bonchev–Trinajstić information content (AvgIpc) is 2.96. The van der Waals surface area contributed by atoms with Crippen LogP contribution in [0.25, 0.3) is 0 Å². The second-order valence-electron chi connectivity index (χ2n) is 5.32. The Kier molecular flexibility index (Phi) is 3.14. The summed E-state index contributed by atoms with van der Waals surface area (Å²) >= 11 is 0. The fraction of sp³-hybridized carbons (Fsp3) is 0.571. The molecular formula is C14H18N2O3. The van der Waals surface area contributed by atoms with Crippen molar-refractivity contribution in [3.05, 3.63) is 23.9 Å². The molecule has 2 aliphatic heterocycles. The molecule has 19 heavy (non-hydrogen) atoms. The number of fused-ring (bicyclic) bond motifs is 2. The summed E-state index contributed by atoms with van der Waals surface area (Å²) in [6, 6.07) is 6.29. The summed E-state index contributed by atoms with van der Waals surface area (Å²) in [5, 5.41) is 9.24. The van der Waals surface area contributed by atoms with Gasteiger partial charge in [-0.25, -0.2) is 4.98 Å². The maximum atomic E-state index is 11.2. The molecule has 3 heterocycles. The quantitative estimate of drug-likeness (QED) is 0.891. The highest BCUT2D eigenvalue weighted by atomic mass is 16.5. The first kappa shape index (κ1) is 12.4. The van der Waals surface area contributed by atoms with Crippen molar-refractivity contribution in [3.8, 4) is 5.88 Å². The summed E-state index contributed by atoms with van der Waals surface area (Å²) in [6.07, 6.45) is 2.88. The lowest BCUT2D eigenvalue weighted by molar-refractivity contribution is -0.142. The molecule has 5 nitrogen and oxygen atoms in total. The molecule has 0 amide bonds. The Morgan fingerprint density at radius 3 is 3.05 bits per heavy atom. The minimum Gasteiger partial charge on any atom is -0.481 e. The van der Waals surface area contributed by atoms with E-state index in [4.69, 9.17) is 4.74 Å². The smallest absolute Gasteiger partial charge is 0.308 e. The first-order chi connectivity index (χ1) is 9.19. The number of hydrogen-bond acceptors (Lipinski definition) is 4. The van der Waals surface area contributed by atoms with Crippen LogP contribution in [0.1, 0.15) is 25.0 Å². The summed E-state index contributed by atoms with van der Waals surface area (Å²) in [6.45, 7) is 0.719. The molecule has 1 aromatic rings. The van der Waals surface area contributed by atoms with Gasteiger partial charge in [-0.15, -0.1) is 0 Å². The van der Waals surface area contributed by atoms with Gasteiger partial charge < -0.3 is 9.84 Å². The largest absolute Gasteiger partial charge is 0.481 e. The average molecular weight is 262 g/mol. The van der Waals surface area contributed by atoms with Crippen LogP contribution in [-0.2, 0) is 11.3 Å². The first-order valence-electron chi connectivity index (χ1n) is 6.67. The Bertz CT molecular complexity index is 491. The maximum Gasteiger partial charge on any atom is 0.308 e. The number of carboxylic acid groups (broad SMARTS) is 1. The number of aliphatic carboxylic acids is 1. The molecule has 0 radical (unpaired) electrons. The molecule has 1 aromatic heterocycles. The summed E-state index contributed by atoms with van der Waals surface area (Å²) in [5.41, 5.74) is 0.947. The Labute approximate surface area is 112 Å². The highest BCUT2D eigenvalue weighted by molar-refractivity contribution is 5.71. The van der Waals surface area contributed by atoms with Gasteiger partial charge in [0.15, 0.2) is 0 Å². The molecule has 5 heteroatoms. The predicted octanol–water partition coefficient (Wildman–Crippen LogP) is 1.53. The van der Waals surface area contributed by atoms with Crippen molar-refractivity contribution in [2.75, 3.05) is 7.11 Å². The van der Waals surface area contributed by atoms with Crippen molar-refractivity contribution in [1.29, 1.82) is 0 Å². The molecule has 0 saturated carbocycles. The molecule has 0 aromatic carbocycles. The SMILES string of the molecule is COc1cccc(CN2C3CCC2C(C(=O)O)C3)n1. The lowest BCUT2D eigenvalue weighted by atomic mass is 9.89. The summed E-state index contributed by atoms with van der Waals surface area (Å²) in [4.78, 5) is 17.9. The van der Waals surface area contributed by atoms with Crippen LogP contribution in [0, 0.1) is 5.92 Å². The van der Waals surface area contributed by atoms with Crippen molar-refractivity contribution >= 4 is 5.97 Å². The van der Waals surface area contributed by atoms with Crippen LogP contribution in [0.2, 0.25) is 0 Å². The van der Waals surface area contributed by atoms with E-state index in [1.54, 1.807) is 7.11 Å². The minimum atomic E-state index is -0.657. The Balaban J connectivity index is 1.75. The second kappa shape index (κ2) is 4.81. The van der Waals surface area contributed by atoms with E-state index in [1.807, 2.05) is 18.2 Å². The van der Waals surface area contributed by atoms with Crippen LogP contribution in [0.5, 0.6) is 5.88 Å². The van der Waals surface area contributed by atoms with Crippen molar-refractivity contribution in [2.45, 2.75) is 37.9 Å². The van der Waals surface area contributed by atoms with Crippen LogP contribution in [-0.4, -0.2) is 40.2 Å². The molecule has 0 aliphatic carbocycles. The normalized spacial score (nSPS) is 29.6. The first-order valence-corrected chi connectivity index (χ1v) is 6.67. The van der Waals surface area contributed by atoms with Crippen molar-refractivity contribution in [2.24, 2.45) is 5.92 Å². The van der Waals surface area contributed by atoms with Gasteiger partial charge in [0.05, 0.1) is 18.7 Å². The van der Waals surface area contributed by atoms with Gasteiger partial charge in [0.1, 0.15) is 0 Å². The van der Waals surface area contributed by atoms with E-state index in [2.05, 4.69) is 9.88 Å². The topological polar surface area (TPSA) is 62.7 Å². The van der Waals surface area contributed by atoms with E-state index in [1.165, 1.54) is 0 Å². The highest BCUT2D eigenvalue weighted by Crippen LogP contribution is 2.42. The van der Waals surface area contributed by atoms with E-state index in [0.29, 0.717) is 11.9 Å². The zero-order valence-corrected chi connectivity index (χ0v) is 11.0. The monoisotopic (exact) mass is 262 g/mol. The number of rotatable bonds is 4.